The van der Waals surface area contributed by atoms with Crippen molar-refractivity contribution in [2.75, 3.05) is 45.9 Å². The quantitative estimate of drug-likeness (QED) is 0.673. The fraction of sp³-hybridized carbons (Fsp3) is 0.909. The molecule has 0 bridgehead atoms. The van der Waals surface area contributed by atoms with E-state index in [4.69, 9.17) is 0 Å². The molecule has 0 saturated carbocycles. The Kier molecular flexibility index (Phi) is 5.93. The van der Waals surface area contributed by atoms with Gasteiger partial charge in [-0.2, -0.15) is 0 Å². The maximum Gasteiger partial charge on any atom is 0.228 e. The molecule has 4 aliphatic rings. The van der Waals surface area contributed by atoms with E-state index in [-0.39, 0.29) is 53.8 Å². The number of nitrogens with zero attached hydrogens (tertiary/aromatic N) is 3. The second-order valence-electron chi connectivity index (χ2n) is 9.72. The summed E-state index contributed by atoms with van der Waals surface area (Å²) in [4.78, 5) is 33.1. The third kappa shape index (κ3) is 3.49. The van der Waals surface area contributed by atoms with Crippen LogP contribution in [0.4, 0.5) is 0 Å². The number of rotatable bonds is 6. The van der Waals surface area contributed by atoms with Crippen molar-refractivity contribution in [1.29, 1.82) is 0 Å². The van der Waals surface area contributed by atoms with E-state index < -0.39 is 0 Å². The minimum Gasteiger partial charge on any atom is -0.396 e. The van der Waals surface area contributed by atoms with Gasteiger partial charge in [0.25, 0.3) is 0 Å². The first-order valence-electron chi connectivity index (χ1n) is 11.6. The van der Waals surface area contributed by atoms with Crippen molar-refractivity contribution >= 4 is 11.8 Å². The molecular weight excluding hydrogens is 368 g/mol. The van der Waals surface area contributed by atoms with Crippen LogP contribution in [0.25, 0.3) is 0 Å². The van der Waals surface area contributed by atoms with Gasteiger partial charge in [-0.05, 0) is 38.9 Å². The van der Waals surface area contributed by atoms with Crippen molar-refractivity contribution in [3.05, 3.63) is 0 Å². The van der Waals surface area contributed by atoms with Crippen LogP contribution in [0.5, 0.6) is 0 Å². The first-order valence-corrected chi connectivity index (χ1v) is 11.6. The zero-order chi connectivity index (χ0) is 20.8. The van der Waals surface area contributed by atoms with E-state index in [9.17, 15) is 14.7 Å². The van der Waals surface area contributed by atoms with E-state index in [1.165, 1.54) is 0 Å². The molecule has 7 nitrogen and oxygen atoms in total. The number of nitrogens with one attached hydrogen (secondary N) is 1. The van der Waals surface area contributed by atoms with Crippen LogP contribution in [0.3, 0.4) is 0 Å². The molecule has 7 heteroatoms. The molecule has 0 aromatic rings. The van der Waals surface area contributed by atoms with Gasteiger partial charge in [-0.25, -0.2) is 0 Å². The molecule has 0 aromatic carbocycles. The van der Waals surface area contributed by atoms with E-state index in [2.05, 4.69) is 40.8 Å². The van der Waals surface area contributed by atoms with Crippen LogP contribution >= 0.6 is 0 Å². The summed E-state index contributed by atoms with van der Waals surface area (Å²) >= 11 is 0. The highest BCUT2D eigenvalue weighted by atomic mass is 16.3. The summed E-state index contributed by atoms with van der Waals surface area (Å²) in [5.41, 5.74) is -0.0940. The van der Waals surface area contributed by atoms with E-state index in [1.54, 1.807) is 0 Å². The number of aliphatic hydroxyl groups excluding tert-OH is 1. The molecule has 4 fully saturated rings. The normalized spacial score (nSPS) is 41.2. The molecule has 0 aliphatic carbocycles. The Bertz CT molecular complexity index is 644. The molecule has 2 N–H and O–H groups in total. The van der Waals surface area contributed by atoms with E-state index >= 15 is 0 Å². The Labute approximate surface area is 174 Å². The first-order chi connectivity index (χ1) is 14.0. The molecule has 0 radical (unpaired) electrons. The summed E-state index contributed by atoms with van der Waals surface area (Å²) in [6.07, 6.45) is 3.31. The van der Waals surface area contributed by atoms with Crippen LogP contribution in [-0.4, -0.2) is 95.6 Å². The largest absolute Gasteiger partial charge is 0.396 e. The SMILES string of the molecule is CCC1CC(C2NC(=O)CC23CCN(CC)C3)C(=O)N1C1CN(CC)CC1CO. The number of aliphatic hydroxyl groups is 1. The Balaban J connectivity index is 1.58. The van der Waals surface area contributed by atoms with Gasteiger partial charge < -0.3 is 25.1 Å². The van der Waals surface area contributed by atoms with E-state index in [0.29, 0.717) is 6.42 Å². The van der Waals surface area contributed by atoms with Crippen molar-refractivity contribution in [2.24, 2.45) is 17.3 Å². The predicted molar refractivity (Wildman–Crippen MR) is 111 cm³/mol. The van der Waals surface area contributed by atoms with Gasteiger partial charge >= 0.3 is 0 Å². The van der Waals surface area contributed by atoms with Gasteiger partial charge in [-0.15, -0.1) is 0 Å². The van der Waals surface area contributed by atoms with Crippen molar-refractivity contribution in [3.8, 4) is 0 Å². The van der Waals surface area contributed by atoms with Crippen LogP contribution in [0.15, 0.2) is 0 Å². The van der Waals surface area contributed by atoms with Gasteiger partial charge in [-0.3, -0.25) is 9.59 Å². The summed E-state index contributed by atoms with van der Waals surface area (Å²) in [5.74, 6) is 0.317. The molecule has 1 spiro atoms. The molecule has 164 valence electrons. The lowest BCUT2D eigenvalue weighted by Crippen LogP contribution is -2.51. The average Bonchev–Trinajstić information content (AvgIpc) is 3.46. The number of likely N-dealkylation sites (tertiary alicyclic amines) is 3. The lowest BCUT2D eigenvalue weighted by atomic mass is 9.73. The Morgan fingerprint density at radius 1 is 1.14 bits per heavy atom. The topological polar surface area (TPSA) is 76.1 Å². The Morgan fingerprint density at radius 2 is 1.90 bits per heavy atom. The standard InChI is InChI=1S/C22H38N4O3/c1-4-16-9-17(20-22(10-19(28)23-20)7-8-24(5-2)14-22)21(29)26(16)18-12-25(6-3)11-15(18)13-27/h15-18,20,27H,4-14H2,1-3H3,(H,23,28). The second-order valence-corrected chi connectivity index (χ2v) is 9.72. The van der Waals surface area contributed by atoms with Gasteiger partial charge in [0.1, 0.15) is 0 Å². The summed E-state index contributed by atoms with van der Waals surface area (Å²) in [6, 6.07) is 0.252. The number of amides is 2. The maximum atomic E-state index is 13.8. The molecule has 6 unspecified atom stereocenters. The minimum absolute atomic E-state index is 0.0469. The van der Waals surface area contributed by atoms with Gasteiger partial charge in [-0.1, -0.05) is 20.8 Å². The third-order valence-corrected chi connectivity index (χ3v) is 8.29. The summed E-state index contributed by atoms with van der Waals surface area (Å²) in [6.45, 7) is 12.2. The van der Waals surface area contributed by atoms with Crippen molar-refractivity contribution in [3.63, 3.8) is 0 Å². The highest BCUT2D eigenvalue weighted by Gasteiger charge is 2.58. The maximum absolute atomic E-state index is 13.8. The van der Waals surface area contributed by atoms with Crippen LogP contribution < -0.4 is 5.32 Å². The number of hydrogen-bond donors (Lipinski definition) is 2. The molecule has 6 atom stereocenters. The van der Waals surface area contributed by atoms with Crippen molar-refractivity contribution in [2.45, 2.75) is 64.6 Å². The lowest BCUT2D eigenvalue weighted by Gasteiger charge is -2.35. The lowest BCUT2D eigenvalue weighted by molar-refractivity contribution is -0.136. The molecule has 4 heterocycles. The smallest absolute Gasteiger partial charge is 0.228 e. The van der Waals surface area contributed by atoms with E-state index in [1.807, 2.05) is 0 Å². The Hall–Kier alpha value is -1.18. The predicted octanol–water partition coefficient (Wildman–Crippen LogP) is 0.527. The van der Waals surface area contributed by atoms with Gasteiger partial charge in [0.05, 0.1) is 12.0 Å². The third-order valence-electron chi connectivity index (χ3n) is 8.29. The monoisotopic (exact) mass is 406 g/mol. The van der Waals surface area contributed by atoms with E-state index in [0.717, 1.165) is 58.5 Å². The highest BCUT2D eigenvalue weighted by molar-refractivity contribution is 5.86. The number of likely N-dealkylation sites (N-methyl/N-ethyl adjacent to an activating group) is 1. The Morgan fingerprint density at radius 3 is 2.52 bits per heavy atom. The van der Waals surface area contributed by atoms with Crippen LogP contribution in [-0.2, 0) is 9.59 Å². The highest BCUT2D eigenvalue weighted by Crippen LogP contribution is 2.47. The molecule has 29 heavy (non-hydrogen) atoms. The van der Waals surface area contributed by atoms with Crippen LogP contribution in [0.1, 0.15) is 46.5 Å². The van der Waals surface area contributed by atoms with Crippen molar-refractivity contribution < 1.29 is 14.7 Å². The number of carbonyl (C=O) groups excluding carboxylic acids is 2. The first kappa shape index (κ1) is 21.1. The molecule has 0 aromatic heterocycles. The molecular formula is C22H38N4O3. The number of hydrogen-bond acceptors (Lipinski definition) is 5. The van der Waals surface area contributed by atoms with Crippen LogP contribution in [0, 0.1) is 17.3 Å². The average molecular weight is 407 g/mol. The summed E-state index contributed by atoms with van der Waals surface area (Å²) < 4.78 is 0. The second kappa shape index (κ2) is 8.16. The molecule has 4 saturated heterocycles. The molecule has 4 aliphatic heterocycles. The fourth-order valence-electron chi connectivity index (χ4n) is 6.64. The summed E-state index contributed by atoms with van der Waals surface area (Å²) in [5, 5.41) is 13.2. The van der Waals surface area contributed by atoms with Crippen LogP contribution in [0.2, 0.25) is 0 Å². The fourth-order valence-corrected chi connectivity index (χ4v) is 6.64. The molecule has 2 amide bonds. The number of carbonyl (C=O) groups is 2. The van der Waals surface area contributed by atoms with Crippen molar-refractivity contribution in [1.82, 2.24) is 20.0 Å². The zero-order valence-electron chi connectivity index (χ0n) is 18.3. The molecule has 4 rings (SSSR count). The summed E-state index contributed by atoms with van der Waals surface area (Å²) in [7, 11) is 0. The van der Waals surface area contributed by atoms with Gasteiger partial charge in [0.15, 0.2) is 0 Å². The van der Waals surface area contributed by atoms with Gasteiger partial charge in [0.2, 0.25) is 11.8 Å². The minimum atomic E-state index is -0.127. The van der Waals surface area contributed by atoms with Gasteiger partial charge in [0, 0.05) is 56.1 Å². The zero-order valence-corrected chi connectivity index (χ0v) is 18.3.